The lowest BCUT2D eigenvalue weighted by molar-refractivity contribution is -0.385. The Kier molecular flexibility index (Phi) is 3.95. The molecule has 0 saturated heterocycles. The molecule has 0 spiro atoms. The second kappa shape index (κ2) is 5.66. The summed E-state index contributed by atoms with van der Waals surface area (Å²) in [5, 5.41) is 19.9. The van der Waals surface area contributed by atoms with Crippen LogP contribution in [-0.4, -0.2) is 10.0 Å². The third-order valence-electron chi connectivity index (χ3n) is 2.72. The van der Waals surface area contributed by atoms with E-state index < -0.39 is 16.8 Å². The first-order valence-electron chi connectivity index (χ1n) is 5.87. The molecule has 20 heavy (non-hydrogen) atoms. The number of aliphatic hydroxyl groups is 1. The third kappa shape index (κ3) is 3.10. The Hall–Kier alpha value is -2.47. The van der Waals surface area contributed by atoms with Gasteiger partial charge in [0.1, 0.15) is 5.75 Å². The summed E-state index contributed by atoms with van der Waals surface area (Å²) in [6.07, 6.45) is -0.597. The summed E-state index contributed by atoms with van der Waals surface area (Å²) >= 11 is 0. The van der Waals surface area contributed by atoms with Crippen molar-refractivity contribution >= 4 is 5.69 Å². The lowest BCUT2D eigenvalue weighted by Gasteiger charge is -2.08. The van der Waals surface area contributed by atoms with Gasteiger partial charge >= 0.3 is 0 Å². The average molecular weight is 277 g/mol. The van der Waals surface area contributed by atoms with Crippen molar-refractivity contribution in [2.45, 2.75) is 13.0 Å². The molecule has 0 aromatic heterocycles. The smallest absolute Gasteiger partial charge is 0.272 e. The first kappa shape index (κ1) is 14.0. The second-order valence-corrected chi connectivity index (χ2v) is 4.22. The molecule has 0 saturated carbocycles. The van der Waals surface area contributed by atoms with Crippen molar-refractivity contribution in [1.82, 2.24) is 0 Å². The number of nitro benzene ring substituents is 1. The van der Waals surface area contributed by atoms with E-state index in [4.69, 9.17) is 4.74 Å². The molecule has 0 fully saturated rings. The van der Waals surface area contributed by atoms with Crippen molar-refractivity contribution in [2.24, 2.45) is 0 Å². The lowest BCUT2D eigenvalue weighted by atomic mass is 10.1. The van der Waals surface area contributed by atoms with Crippen molar-refractivity contribution in [2.75, 3.05) is 0 Å². The zero-order valence-corrected chi connectivity index (χ0v) is 10.6. The van der Waals surface area contributed by atoms with Gasteiger partial charge in [0.2, 0.25) is 0 Å². The summed E-state index contributed by atoms with van der Waals surface area (Å²) in [4.78, 5) is 9.82. The van der Waals surface area contributed by atoms with Crippen LogP contribution in [0.4, 0.5) is 10.1 Å². The molecule has 2 aromatic carbocycles. The van der Waals surface area contributed by atoms with E-state index in [9.17, 15) is 19.6 Å². The number of halogens is 1. The van der Waals surface area contributed by atoms with Crippen molar-refractivity contribution in [3.05, 3.63) is 64.0 Å². The highest BCUT2D eigenvalue weighted by Gasteiger charge is 2.12. The molecular formula is C14H12FNO4. The number of hydrogen-bond acceptors (Lipinski definition) is 4. The molecule has 6 heteroatoms. The van der Waals surface area contributed by atoms with Crippen LogP contribution in [0.1, 0.15) is 18.6 Å². The summed E-state index contributed by atoms with van der Waals surface area (Å²) < 4.78 is 18.9. The van der Waals surface area contributed by atoms with Gasteiger partial charge in [-0.2, -0.15) is 0 Å². The first-order valence-corrected chi connectivity index (χ1v) is 5.87. The summed E-state index contributed by atoms with van der Waals surface area (Å²) in [7, 11) is 0. The molecule has 0 aliphatic heterocycles. The fourth-order valence-corrected chi connectivity index (χ4v) is 1.63. The monoisotopic (exact) mass is 277 g/mol. The van der Waals surface area contributed by atoms with Crippen LogP contribution in [0, 0.1) is 15.9 Å². The van der Waals surface area contributed by atoms with Crippen LogP contribution in [-0.2, 0) is 0 Å². The van der Waals surface area contributed by atoms with Gasteiger partial charge in [0.05, 0.1) is 17.1 Å². The number of rotatable bonds is 4. The molecule has 2 rings (SSSR count). The molecule has 5 nitrogen and oxygen atoms in total. The van der Waals surface area contributed by atoms with E-state index in [1.54, 1.807) is 31.2 Å². The van der Waals surface area contributed by atoms with Gasteiger partial charge < -0.3 is 9.84 Å². The molecule has 0 bridgehead atoms. The maximum Gasteiger partial charge on any atom is 0.272 e. The fraction of sp³-hybridized carbons (Fsp3) is 0.143. The van der Waals surface area contributed by atoms with E-state index in [2.05, 4.69) is 0 Å². The van der Waals surface area contributed by atoms with Gasteiger partial charge in [-0.3, -0.25) is 10.1 Å². The number of ether oxygens (including phenoxy) is 1. The minimum Gasteiger partial charge on any atom is -0.454 e. The minimum atomic E-state index is -0.807. The molecule has 104 valence electrons. The van der Waals surface area contributed by atoms with Crippen molar-refractivity contribution in [3.63, 3.8) is 0 Å². The van der Waals surface area contributed by atoms with Gasteiger partial charge in [-0.15, -0.1) is 0 Å². The normalized spacial score (nSPS) is 11.9. The van der Waals surface area contributed by atoms with Crippen LogP contribution >= 0.6 is 0 Å². The van der Waals surface area contributed by atoms with Crippen molar-refractivity contribution in [1.29, 1.82) is 0 Å². The number of nitrogens with zero attached hydrogens (tertiary/aromatic N) is 1. The molecule has 0 aliphatic rings. The predicted molar refractivity (Wildman–Crippen MR) is 70.2 cm³/mol. The molecule has 0 unspecified atom stereocenters. The Morgan fingerprint density at radius 1 is 1.25 bits per heavy atom. The van der Waals surface area contributed by atoms with Crippen LogP contribution in [0.5, 0.6) is 11.5 Å². The Labute approximate surface area is 114 Å². The molecule has 2 aromatic rings. The van der Waals surface area contributed by atoms with E-state index in [0.717, 1.165) is 6.07 Å². The number of benzene rings is 2. The molecule has 0 amide bonds. The van der Waals surface area contributed by atoms with E-state index >= 15 is 0 Å². The number of nitro groups is 1. The Balaban J connectivity index is 2.19. The lowest BCUT2D eigenvalue weighted by Crippen LogP contribution is -1.93. The van der Waals surface area contributed by atoms with Crippen LogP contribution in [0.15, 0.2) is 42.5 Å². The molecule has 0 aliphatic carbocycles. The fourth-order valence-electron chi connectivity index (χ4n) is 1.63. The maximum atomic E-state index is 13.6. The summed E-state index contributed by atoms with van der Waals surface area (Å²) in [6.45, 7) is 1.63. The van der Waals surface area contributed by atoms with Gasteiger partial charge in [0, 0.05) is 6.07 Å². The van der Waals surface area contributed by atoms with Gasteiger partial charge in [-0.05, 0) is 30.7 Å². The van der Waals surface area contributed by atoms with Crippen LogP contribution in [0.25, 0.3) is 0 Å². The van der Waals surface area contributed by atoms with Gasteiger partial charge in [-0.25, -0.2) is 4.39 Å². The maximum absolute atomic E-state index is 13.6. The summed E-state index contributed by atoms with van der Waals surface area (Å²) in [6, 6.07) is 9.66. The Morgan fingerprint density at radius 3 is 2.40 bits per heavy atom. The van der Waals surface area contributed by atoms with Crippen molar-refractivity contribution < 1.29 is 19.2 Å². The van der Waals surface area contributed by atoms with Crippen LogP contribution in [0.2, 0.25) is 0 Å². The predicted octanol–water partition coefficient (Wildman–Crippen LogP) is 3.58. The number of non-ortho nitro benzene ring substituents is 1. The number of aliphatic hydroxyl groups excluding tert-OH is 1. The van der Waals surface area contributed by atoms with Crippen molar-refractivity contribution in [3.8, 4) is 11.5 Å². The Bertz CT molecular complexity index is 626. The zero-order chi connectivity index (χ0) is 14.7. The third-order valence-corrected chi connectivity index (χ3v) is 2.72. The summed E-state index contributed by atoms with van der Waals surface area (Å²) in [5.74, 6) is -0.527. The Morgan fingerprint density at radius 2 is 1.90 bits per heavy atom. The number of hydrogen-bond donors (Lipinski definition) is 1. The molecule has 1 N–H and O–H groups in total. The highest BCUT2D eigenvalue weighted by atomic mass is 19.1. The van der Waals surface area contributed by atoms with E-state index in [1.807, 2.05) is 0 Å². The van der Waals surface area contributed by atoms with E-state index in [1.165, 1.54) is 12.1 Å². The zero-order valence-electron chi connectivity index (χ0n) is 10.6. The average Bonchev–Trinajstić information content (AvgIpc) is 2.41. The SMILES string of the molecule is C[C@H](O)c1ccc(Oc2ccc([N+](=O)[O-])cc2F)cc1. The molecular weight excluding hydrogens is 265 g/mol. The standard InChI is InChI=1S/C14H12FNO4/c1-9(17)10-2-5-12(6-3-10)20-14-7-4-11(16(18)19)8-13(14)15/h2-9,17H,1H3/t9-/m0/s1. The molecule has 0 heterocycles. The van der Waals surface area contributed by atoms with Gasteiger partial charge in [0.25, 0.3) is 5.69 Å². The van der Waals surface area contributed by atoms with Gasteiger partial charge in [-0.1, -0.05) is 12.1 Å². The topological polar surface area (TPSA) is 72.6 Å². The van der Waals surface area contributed by atoms with Crippen LogP contribution < -0.4 is 4.74 Å². The highest BCUT2D eigenvalue weighted by Crippen LogP contribution is 2.28. The quantitative estimate of drug-likeness (QED) is 0.684. The largest absolute Gasteiger partial charge is 0.454 e. The minimum absolute atomic E-state index is 0.0969. The molecule has 1 atom stereocenters. The second-order valence-electron chi connectivity index (χ2n) is 4.22. The highest BCUT2D eigenvalue weighted by molar-refractivity contribution is 5.40. The summed E-state index contributed by atoms with van der Waals surface area (Å²) in [5.41, 5.74) is 0.376. The van der Waals surface area contributed by atoms with E-state index in [0.29, 0.717) is 11.3 Å². The van der Waals surface area contributed by atoms with Gasteiger partial charge in [0.15, 0.2) is 11.6 Å². The van der Waals surface area contributed by atoms with Crippen LogP contribution in [0.3, 0.4) is 0 Å². The molecule has 0 radical (unpaired) electrons. The van der Waals surface area contributed by atoms with E-state index in [-0.39, 0.29) is 11.4 Å². The first-order chi connectivity index (χ1) is 9.47.